The number of anilines is 1. The second kappa shape index (κ2) is 9.81. The summed E-state index contributed by atoms with van der Waals surface area (Å²) in [6.45, 7) is 3.41. The van der Waals surface area contributed by atoms with Crippen LogP contribution in [0.5, 0.6) is 5.75 Å². The number of hydrogen-bond donors (Lipinski definition) is 1. The third-order valence-electron chi connectivity index (χ3n) is 4.18. The van der Waals surface area contributed by atoms with Crippen molar-refractivity contribution in [2.75, 3.05) is 11.9 Å². The number of ether oxygens (including phenoxy) is 2. The summed E-state index contributed by atoms with van der Waals surface area (Å²) in [6.07, 6.45) is 0. The van der Waals surface area contributed by atoms with Gasteiger partial charge in [-0.2, -0.15) is 0 Å². The van der Waals surface area contributed by atoms with Gasteiger partial charge in [-0.3, -0.25) is 14.9 Å². The number of hydrogen-bond acceptors (Lipinski definition) is 8. The number of carbonyl (C=O) groups is 2. The van der Waals surface area contributed by atoms with Crippen molar-refractivity contribution in [3.8, 4) is 5.75 Å². The summed E-state index contributed by atoms with van der Waals surface area (Å²) >= 11 is 1.54. The van der Waals surface area contributed by atoms with E-state index in [1.165, 1.54) is 30.3 Å². The van der Waals surface area contributed by atoms with Crippen LogP contribution >= 0.6 is 11.3 Å². The van der Waals surface area contributed by atoms with Crippen LogP contribution in [0.1, 0.15) is 26.6 Å². The van der Waals surface area contributed by atoms with Gasteiger partial charge in [0.05, 0.1) is 26.9 Å². The third-order valence-corrected chi connectivity index (χ3v) is 5.01. The molecular formula is C21H19N3O6S. The number of nitro groups is 1. The molecule has 0 aliphatic heterocycles. The van der Waals surface area contributed by atoms with E-state index in [4.69, 9.17) is 9.47 Å². The van der Waals surface area contributed by atoms with Crippen LogP contribution in [-0.4, -0.2) is 28.4 Å². The van der Waals surface area contributed by atoms with E-state index in [0.717, 1.165) is 10.7 Å². The van der Waals surface area contributed by atoms with Crippen molar-refractivity contribution in [1.29, 1.82) is 0 Å². The highest BCUT2D eigenvalue weighted by molar-refractivity contribution is 7.09. The van der Waals surface area contributed by atoms with Crippen molar-refractivity contribution in [3.63, 3.8) is 0 Å². The van der Waals surface area contributed by atoms with Crippen molar-refractivity contribution in [2.24, 2.45) is 0 Å². The summed E-state index contributed by atoms with van der Waals surface area (Å²) in [5, 5.41) is 16.3. The number of carbonyl (C=O) groups excluding carboxylic acids is 2. The van der Waals surface area contributed by atoms with E-state index in [1.807, 2.05) is 12.3 Å². The number of amides is 1. The van der Waals surface area contributed by atoms with Crippen LogP contribution in [0.3, 0.4) is 0 Å². The molecule has 3 aromatic rings. The van der Waals surface area contributed by atoms with Crippen molar-refractivity contribution in [2.45, 2.75) is 20.5 Å². The Morgan fingerprint density at radius 3 is 2.55 bits per heavy atom. The Labute approximate surface area is 181 Å². The Morgan fingerprint density at radius 2 is 1.90 bits per heavy atom. The number of non-ortho nitro benzene ring substituents is 1. The van der Waals surface area contributed by atoms with Gasteiger partial charge in [-0.15, -0.1) is 11.3 Å². The van der Waals surface area contributed by atoms with Gasteiger partial charge in [0.25, 0.3) is 11.6 Å². The van der Waals surface area contributed by atoms with Gasteiger partial charge < -0.3 is 14.8 Å². The number of thiazole rings is 1. The minimum absolute atomic E-state index is 0.148. The molecule has 3 rings (SSSR count). The Balaban J connectivity index is 1.50. The SMILES string of the molecule is Cc1nc(COc2ccc(C(=O)OCC(=O)Nc3cc([N+](=O)[O-])ccc3C)cc2)cs1. The molecule has 0 spiro atoms. The second-order valence-corrected chi connectivity index (χ2v) is 7.61. The zero-order chi connectivity index (χ0) is 22.4. The first kappa shape index (κ1) is 21.9. The molecule has 0 bridgehead atoms. The van der Waals surface area contributed by atoms with Crippen LogP contribution in [-0.2, 0) is 16.1 Å². The lowest BCUT2D eigenvalue weighted by Crippen LogP contribution is -2.21. The van der Waals surface area contributed by atoms with E-state index in [0.29, 0.717) is 17.9 Å². The molecular weight excluding hydrogens is 422 g/mol. The van der Waals surface area contributed by atoms with E-state index in [1.54, 1.807) is 30.4 Å². The number of esters is 1. The highest BCUT2D eigenvalue weighted by Gasteiger charge is 2.14. The van der Waals surface area contributed by atoms with Gasteiger partial charge in [0, 0.05) is 17.5 Å². The Bertz CT molecular complexity index is 1110. The van der Waals surface area contributed by atoms with E-state index >= 15 is 0 Å². The highest BCUT2D eigenvalue weighted by Crippen LogP contribution is 2.22. The lowest BCUT2D eigenvalue weighted by molar-refractivity contribution is -0.384. The van der Waals surface area contributed by atoms with Crippen molar-refractivity contribution in [3.05, 3.63) is 79.8 Å². The molecule has 0 aliphatic rings. The predicted octanol–water partition coefficient (Wildman–Crippen LogP) is 4.04. The molecule has 1 N–H and O–H groups in total. The maximum Gasteiger partial charge on any atom is 0.338 e. The average Bonchev–Trinajstić information content (AvgIpc) is 3.17. The maximum atomic E-state index is 12.2. The fourth-order valence-corrected chi connectivity index (χ4v) is 3.18. The van der Waals surface area contributed by atoms with Gasteiger partial charge in [-0.25, -0.2) is 9.78 Å². The first-order chi connectivity index (χ1) is 14.8. The molecule has 2 aromatic carbocycles. The third kappa shape index (κ3) is 6.09. The molecule has 0 atom stereocenters. The molecule has 1 aromatic heterocycles. The lowest BCUT2D eigenvalue weighted by atomic mass is 10.2. The Morgan fingerprint density at radius 1 is 1.16 bits per heavy atom. The van der Waals surface area contributed by atoms with Crippen molar-refractivity contribution < 1.29 is 24.0 Å². The number of nitrogens with one attached hydrogen (secondary N) is 1. The highest BCUT2D eigenvalue weighted by atomic mass is 32.1. The van der Waals surface area contributed by atoms with Gasteiger partial charge in [-0.1, -0.05) is 6.07 Å². The zero-order valence-corrected chi connectivity index (χ0v) is 17.6. The predicted molar refractivity (Wildman–Crippen MR) is 114 cm³/mol. The van der Waals surface area contributed by atoms with E-state index in [-0.39, 0.29) is 16.9 Å². The number of aromatic nitrogens is 1. The molecule has 0 radical (unpaired) electrons. The molecule has 9 nitrogen and oxygen atoms in total. The molecule has 0 saturated carbocycles. The summed E-state index contributed by atoms with van der Waals surface area (Å²) in [5.41, 5.74) is 1.87. The van der Waals surface area contributed by atoms with Gasteiger partial charge >= 0.3 is 5.97 Å². The van der Waals surface area contributed by atoms with Crippen LogP contribution in [0.4, 0.5) is 11.4 Å². The lowest BCUT2D eigenvalue weighted by Gasteiger charge is -2.09. The fourth-order valence-electron chi connectivity index (χ4n) is 2.58. The number of nitro benzene ring substituents is 1. The smallest absolute Gasteiger partial charge is 0.338 e. The van der Waals surface area contributed by atoms with E-state index in [9.17, 15) is 19.7 Å². The molecule has 1 heterocycles. The quantitative estimate of drug-likeness (QED) is 0.318. The molecule has 31 heavy (non-hydrogen) atoms. The molecule has 0 saturated heterocycles. The van der Waals surface area contributed by atoms with Gasteiger partial charge in [0.15, 0.2) is 6.61 Å². The maximum absolute atomic E-state index is 12.2. The molecule has 1 amide bonds. The summed E-state index contributed by atoms with van der Waals surface area (Å²) in [5.74, 6) is -0.704. The standard InChI is InChI=1S/C21H19N3O6S/c1-13-3-6-17(24(27)28)9-19(13)23-20(25)11-30-21(26)15-4-7-18(8-5-15)29-10-16-12-31-14(2)22-16/h3-9,12H,10-11H2,1-2H3,(H,23,25). The summed E-state index contributed by atoms with van der Waals surface area (Å²) in [4.78, 5) is 38.9. The average molecular weight is 441 g/mol. The van der Waals surface area contributed by atoms with Crippen LogP contribution in [0.2, 0.25) is 0 Å². The minimum Gasteiger partial charge on any atom is -0.487 e. The fraction of sp³-hybridized carbons (Fsp3) is 0.190. The Hall–Kier alpha value is -3.79. The topological polar surface area (TPSA) is 121 Å². The summed E-state index contributed by atoms with van der Waals surface area (Å²) in [6, 6.07) is 10.4. The summed E-state index contributed by atoms with van der Waals surface area (Å²) in [7, 11) is 0. The van der Waals surface area contributed by atoms with Crippen LogP contribution in [0.25, 0.3) is 0 Å². The van der Waals surface area contributed by atoms with Crippen molar-refractivity contribution in [1.82, 2.24) is 4.98 Å². The number of nitrogens with zero attached hydrogens (tertiary/aromatic N) is 2. The van der Waals surface area contributed by atoms with Crippen molar-refractivity contribution >= 4 is 34.6 Å². The molecule has 0 fully saturated rings. The van der Waals surface area contributed by atoms with E-state index < -0.39 is 23.4 Å². The normalized spacial score (nSPS) is 10.4. The summed E-state index contributed by atoms with van der Waals surface area (Å²) < 4.78 is 10.6. The van der Waals surface area contributed by atoms with Gasteiger partial charge in [0.2, 0.25) is 0 Å². The number of aryl methyl sites for hydroxylation is 2. The van der Waals surface area contributed by atoms with Crippen LogP contribution in [0.15, 0.2) is 47.8 Å². The first-order valence-electron chi connectivity index (χ1n) is 9.17. The largest absolute Gasteiger partial charge is 0.487 e. The monoisotopic (exact) mass is 441 g/mol. The second-order valence-electron chi connectivity index (χ2n) is 6.55. The van der Waals surface area contributed by atoms with Crippen LogP contribution in [0, 0.1) is 24.0 Å². The van der Waals surface area contributed by atoms with Gasteiger partial charge in [-0.05, 0) is 43.7 Å². The molecule has 160 valence electrons. The molecule has 0 aliphatic carbocycles. The minimum atomic E-state index is -0.674. The van der Waals surface area contributed by atoms with Gasteiger partial charge in [0.1, 0.15) is 12.4 Å². The molecule has 0 unspecified atom stereocenters. The molecule has 10 heteroatoms. The van der Waals surface area contributed by atoms with Crippen LogP contribution < -0.4 is 10.1 Å². The van der Waals surface area contributed by atoms with E-state index in [2.05, 4.69) is 10.3 Å². The zero-order valence-electron chi connectivity index (χ0n) is 16.8. The number of rotatable bonds is 8. The Kier molecular flexibility index (Phi) is 6.93. The first-order valence-corrected chi connectivity index (χ1v) is 10.1. The number of benzene rings is 2.